The van der Waals surface area contributed by atoms with E-state index in [1.165, 1.54) is 0 Å². The zero-order valence-corrected chi connectivity index (χ0v) is 15.0. The van der Waals surface area contributed by atoms with Crippen LogP contribution in [0.4, 0.5) is 0 Å². The van der Waals surface area contributed by atoms with E-state index in [1.807, 2.05) is 6.07 Å². The van der Waals surface area contributed by atoms with Gasteiger partial charge in [-0.2, -0.15) is 0 Å². The average Bonchev–Trinajstić information content (AvgIpc) is 3.17. The Kier molecular flexibility index (Phi) is 5.46. The Balaban J connectivity index is 2.10. The first kappa shape index (κ1) is 16.9. The predicted octanol–water partition coefficient (Wildman–Crippen LogP) is 3.03. The molecule has 0 radical (unpaired) electrons. The van der Waals surface area contributed by atoms with E-state index in [4.69, 9.17) is 0 Å². The van der Waals surface area contributed by atoms with Gasteiger partial charge in [-0.1, -0.05) is 19.9 Å². The first-order valence-electron chi connectivity index (χ1n) is 7.35. The number of sulfonamides is 1. The summed E-state index contributed by atoms with van der Waals surface area (Å²) in [6, 6.07) is 5.48. The molecule has 1 aliphatic carbocycles. The molecule has 1 saturated carbocycles. The summed E-state index contributed by atoms with van der Waals surface area (Å²) in [4.78, 5) is 0.322. The van der Waals surface area contributed by atoms with Crippen molar-refractivity contribution in [3.8, 4) is 0 Å². The highest BCUT2D eigenvalue weighted by Gasteiger charge is 2.38. The van der Waals surface area contributed by atoms with Crippen molar-refractivity contribution in [3.63, 3.8) is 0 Å². The van der Waals surface area contributed by atoms with Gasteiger partial charge < -0.3 is 5.32 Å². The molecule has 1 aromatic carbocycles. The highest BCUT2D eigenvalue weighted by atomic mass is 79.9. The summed E-state index contributed by atoms with van der Waals surface area (Å²) in [6.45, 7) is 6.33. The van der Waals surface area contributed by atoms with E-state index in [0.717, 1.165) is 31.4 Å². The van der Waals surface area contributed by atoms with Gasteiger partial charge in [0, 0.05) is 17.6 Å². The number of benzene rings is 1. The number of halogens is 1. The minimum Gasteiger partial charge on any atom is -0.313 e. The van der Waals surface area contributed by atoms with Crippen LogP contribution in [0.1, 0.15) is 38.7 Å². The molecule has 2 N–H and O–H groups in total. The van der Waals surface area contributed by atoms with Crippen molar-refractivity contribution in [1.82, 2.24) is 10.0 Å². The van der Waals surface area contributed by atoms with Gasteiger partial charge in [-0.25, -0.2) is 13.1 Å². The molecule has 1 fully saturated rings. The summed E-state index contributed by atoms with van der Waals surface area (Å²) < 4.78 is 28.2. The van der Waals surface area contributed by atoms with Crippen LogP contribution in [0.5, 0.6) is 0 Å². The molecule has 118 valence electrons. The molecule has 2 rings (SSSR count). The first-order chi connectivity index (χ1) is 9.86. The summed E-state index contributed by atoms with van der Waals surface area (Å²) >= 11 is 3.34. The lowest BCUT2D eigenvalue weighted by molar-refractivity contribution is 0.530. The van der Waals surface area contributed by atoms with E-state index < -0.39 is 10.0 Å². The molecular weight excluding hydrogens is 352 g/mol. The summed E-state index contributed by atoms with van der Waals surface area (Å²) in [7, 11) is -3.46. The van der Waals surface area contributed by atoms with Gasteiger partial charge in [0.2, 0.25) is 10.0 Å². The lowest BCUT2D eigenvalue weighted by atomic mass is 10.2. The third kappa shape index (κ3) is 4.77. The number of hydrogen-bond donors (Lipinski definition) is 2. The van der Waals surface area contributed by atoms with E-state index >= 15 is 0 Å². The number of nitrogens with one attached hydrogen (secondary N) is 2. The molecule has 0 saturated heterocycles. The average molecular weight is 375 g/mol. The summed E-state index contributed by atoms with van der Waals surface area (Å²) in [5, 5.41) is 3.29. The molecule has 0 aromatic heterocycles. The highest BCUT2D eigenvalue weighted by Crippen LogP contribution is 2.44. The van der Waals surface area contributed by atoms with E-state index in [2.05, 4.69) is 39.8 Å². The van der Waals surface area contributed by atoms with Gasteiger partial charge in [0.1, 0.15) is 0 Å². The third-order valence-corrected chi connectivity index (χ3v) is 6.23. The quantitative estimate of drug-likeness (QED) is 0.687. The van der Waals surface area contributed by atoms with Gasteiger partial charge in [0.25, 0.3) is 0 Å². The fourth-order valence-corrected chi connectivity index (χ4v) is 4.22. The molecule has 0 spiro atoms. The van der Waals surface area contributed by atoms with Gasteiger partial charge in [0.15, 0.2) is 0 Å². The minimum absolute atomic E-state index is 0.153. The van der Waals surface area contributed by atoms with E-state index in [1.54, 1.807) is 12.1 Å². The van der Waals surface area contributed by atoms with Crippen molar-refractivity contribution >= 4 is 26.0 Å². The predicted molar refractivity (Wildman–Crippen MR) is 88.7 cm³/mol. The van der Waals surface area contributed by atoms with Crippen molar-refractivity contribution in [2.75, 3.05) is 13.1 Å². The Morgan fingerprint density at radius 1 is 1.33 bits per heavy atom. The minimum atomic E-state index is -3.46. The topological polar surface area (TPSA) is 58.2 Å². The molecule has 1 aliphatic rings. The van der Waals surface area contributed by atoms with Crippen LogP contribution in [0.15, 0.2) is 27.6 Å². The maximum atomic E-state index is 12.4. The lowest BCUT2D eigenvalue weighted by Crippen LogP contribution is -2.29. The highest BCUT2D eigenvalue weighted by molar-refractivity contribution is 9.10. The fraction of sp³-hybridized carbons (Fsp3) is 0.600. The molecule has 1 aromatic rings. The molecule has 21 heavy (non-hydrogen) atoms. The van der Waals surface area contributed by atoms with Gasteiger partial charge in [-0.3, -0.25) is 0 Å². The molecule has 0 unspecified atom stereocenters. The van der Waals surface area contributed by atoms with Crippen LogP contribution in [0, 0.1) is 5.41 Å². The van der Waals surface area contributed by atoms with Crippen LogP contribution in [0.2, 0.25) is 0 Å². The van der Waals surface area contributed by atoms with Gasteiger partial charge in [-0.15, -0.1) is 0 Å². The number of rotatable bonds is 8. The van der Waals surface area contributed by atoms with Crippen molar-refractivity contribution in [2.24, 2.45) is 5.41 Å². The van der Waals surface area contributed by atoms with Crippen LogP contribution in [0.3, 0.4) is 0 Å². The summed E-state index contributed by atoms with van der Waals surface area (Å²) in [5.74, 6) is 0. The second kappa shape index (κ2) is 6.77. The van der Waals surface area contributed by atoms with Crippen molar-refractivity contribution in [3.05, 3.63) is 28.2 Å². The van der Waals surface area contributed by atoms with Crippen molar-refractivity contribution in [2.45, 2.75) is 44.6 Å². The SMILES string of the molecule is CCCNCc1ccc(Br)c(S(=O)(=O)NCC2(C)CC2)c1. The summed E-state index contributed by atoms with van der Waals surface area (Å²) in [5.41, 5.74) is 1.13. The Hall–Kier alpha value is -0.430. The zero-order chi connectivity index (χ0) is 15.5. The molecule has 0 heterocycles. The monoisotopic (exact) mass is 374 g/mol. The Morgan fingerprint density at radius 2 is 2.05 bits per heavy atom. The van der Waals surface area contributed by atoms with Crippen LogP contribution in [-0.4, -0.2) is 21.5 Å². The second-order valence-corrected chi connectivity index (χ2v) is 8.67. The van der Waals surface area contributed by atoms with Gasteiger partial charge >= 0.3 is 0 Å². The van der Waals surface area contributed by atoms with E-state index in [9.17, 15) is 8.42 Å². The third-order valence-electron chi connectivity index (χ3n) is 3.83. The molecule has 6 heteroatoms. The lowest BCUT2D eigenvalue weighted by Gasteiger charge is -2.13. The molecular formula is C15H23BrN2O2S. The molecule has 0 amide bonds. The smallest absolute Gasteiger partial charge is 0.241 e. The van der Waals surface area contributed by atoms with E-state index in [0.29, 0.717) is 22.5 Å². The van der Waals surface area contributed by atoms with E-state index in [-0.39, 0.29) is 5.41 Å². The Morgan fingerprint density at radius 3 is 2.67 bits per heavy atom. The largest absolute Gasteiger partial charge is 0.313 e. The maximum absolute atomic E-state index is 12.4. The maximum Gasteiger partial charge on any atom is 0.241 e. The molecule has 0 atom stereocenters. The normalized spacial score (nSPS) is 16.9. The number of hydrogen-bond acceptors (Lipinski definition) is 3. The van der Waals surface area contributed by atoms with Crippen LogP contribution >= 0.6 is 15.9 Å². The molecule has 0 bridgehead atoms. The fourth-order valence-electron chi connectivity index (χ4n) is 2.01. The van der Waals surface area contributed by atoms with Crippen molar-refractivity contribution < 1.29 is 8.42 Å². The molecule has 0 aliphatic heterocycles. The van der Waals surface area contributed by atoms with Crippen molar-refractivity contribution in [1.29, 1.82) is 0 Å². The first-order valence-corrected chi connectivity index (χ1v) is 9.63. The second-order valence-electron chi connectivity index (χ2n) is 6.08. The van der Waals surface area contributed by atoms with Crippen LogP contribution in [-0.2, 0) is 16.6 Å². The zero-order valence-electron chi connectivity index (χ0n) is 12.6. The van der Waals surface area contributed by atoms with Crippen LogP contribution < -0.4 is 10.0 Å². The van der Waals surface area contributed by atoms with Gasteiger partial charge in [0.05, 0.1) is 4.90 Å². The Labute approximate surface area is 135 Å². The Bertz CT molecular complexity index is 598. The van der Waals surface area contributed by atoms with Gasteiger partial charge in [-0.05, 0) is 64.8 Å². The molecule has 4 nitrogen and oxygen atoms in total. The standard InChI is InChI=1S/C15H23BrN2O2S/c1-3-8-17-10-12-4-5-13(16)14(9-12)21(19,20)18-11-15(2)6-7-15/h4-5,9,17-18H,3,6-8,10-11H2,1-2H3. The summed E-state index contributed by atoms with van der Waals surface area (Å²) in [6.07, 6.45) is 3.25. The van der Waals surface area contributed by atoms with Crippen LogP contribution in [0.25, 0.3) is 0 Å².